The zero-order chi connectivity index (χ0) is 16.8. The highest BCUT2D eigenvalue weighted by Crippen LogP contribution is 2.46. The molecule has 1 unspecified atom stereocenters. The van der Waals surface area contributed by atoms with Gasteiger partial charge in [-0.3, -0.25) is 0 Å². The highest BCUT2D eigenvalue weighted by molar-refractivity contribution is 5.39. The number of unbranched alkanes of at least 4 members (excludes halogenated alkanes) is 3. The summed E-state index contributed by atoms with van der Waals surface area (Å²) < 4.78 is 0. The predicted octanol–water partition coefficient (Wildman–Crippen LogP) is 7.70. The minimum atomic E-state index is 0.291. The minimum absolute atomic E-state index is 0.291. The Kier molecular flexibility index (Phi) is 7.42. The van der Waals surface area contributed by atoms with E-state index in [0.29, 0.717) is 10.8 Å². The van der Waals surface area contributed by atoms with Crippen LogP contribution in [0.15, 0.2) is 23.3 Å². The maximum absolute atomic E-state index is 2.52. The van der Waals surface area contributed by atoms with Gasteiger partial charge in [-0.15, -0.1) is 0 Å². The molecule has 0 saturated carbocycles. The Balaban J connectivity index is 2.76. The monoisotopic (exact) mass is 304 g/mol. The summed E-state index contributed by atoms with van der Waals surface area (Å²) in [6, 6.07) is 0. The van der Waals surface area contributed by atoms with Crippen molar-refractivity contribution in [1.82, 2.24) is 0 Å². The zero-order valence-corrected chi connectivity index (χ0v) is 16.4. The van der Waals surface area contributed by atoms with Gasteiger partial charge >= 0.3 is 0 Å². The molecule has 1 aliphatic carbocycles. The van der Waals surface area contributed by atoms with Gasteiger partial charge < -0.3 is 0 Å². The molecule has 128 valence electrons. The first-order valence-corrected chi connectivity index (χ1v) is 9.65. The predicted molar refractivity (Wildman–Crippen MR) is 101 cm³/mol. The normalized spacial score (nSPS) is 17.4. The van der Waals surface area contributed by atoms with Gasteiger partial charge in [0.25, 0.3) is 0 Å². The Labute approximate surface area is 140 Å². The summed E-state index contributed by atoms with van der Waals surface area (Å²) in [4.78, 5) is 0. The summed E-state index contributed by atoms with van der Waals surface area (Å²) in [7, 11) is 0. The van der Waals surface area contributed by atoms with Gasteiger partial charge in [-0.2, -0.15) is 0 Å². The second-order valence-corrected chi connectivity index (χ2v) is 8.84. The van der Waals surface area contributed by atoms with E-state index in [4.69, 9.17) is 0 Å². The fraction of sp³-hybridized carbons (Fsp3) is 0.818. The van der Waals surface area contributed by atoms with Crippen LogP contribution < -0.4 is 0 Å². The fourth-order valence-corrected chi connectivity index (χ4v) is 3.79. The van der Waals surface area contributed by atoms with Crippen LogP contribution in [0.25, 0.3) is 0 Å². The molecule has 0 heteroatoms. The summed E-state index contributed by atoms with van der Waals surface area (Å²) in [6.45, 7) is 16.6. The third-order valence-corrected chi connectivity index (χ3v) is 5.63. The topological polar surface area (TPSA) is 0 Å². The number of allylic oxidation sites excluding steroid dienone is 4. The van der Waals surface area contributed by atoms with Crippen molar-refractivity contribution in [2.45, 2.75) is 99.8 Å². The molecular weight excluding hydrogens is 264 g/mol. The number of hydrogen-bond donors (Lipinski definition) is 0. The van der Waals surface area contributed by atoms with E-state index in [9.17, 15) is 0 Å². The van der Waals surface area contributed by atoms with Gasteiger partial charge in [0.2, 0.25) is 0 Å². The van der Waals surface area contributed by atoms with Crippen molar-refractivity contribution >= 4 is 0 Å². The van der Waals surface area contributed by atoms with Crippen molar-refractivity contribution in [2.75, 3.05) is 0 Å². The average Bonchev–Trinajstić information content (AvgIpc) is 2.92. The number of rotatable bonds is 9. The molecule has 0 N–H and O–H groups in total. The van der Waals surface area contributed by atoms with Crippen LogP contribution in [0.3, 0.4) is 0 Å². The van der Waals surface area contributed by atoms with E-state index in [1.165, 1.54) is 56.9 Å². The van der Waals surface area contributed by atoms with E-state index in [-0.39, 0.29) is 0 Å². The lowest BCUT2D eigenvalue weighted by Gasteiger charge is -2.36. The molecule has 0 heterocycles. The lowest BCUT2D eigenvalue weighted by atomic mass is 9.68. The van der Waals surface area contributed by atoms with E-state index in [1.807, 2.05) is 0 Å². The smallest absolute Gasteiger partial charge is 0.0110 e. The van der Waals surface area contributed by atoms with Gasteiger partial charge in [-0.25, -0.2) is 0 Å². The molecule has 22 heavy (non-hydrogen) atoms. The van der Waals surface area contributed by atoms with E-state index in [0.717, 1.165) is 5.92 Å². The SMILES string of the molecule is CCCCCCC(CCC)C(C)(C)C1=CC(C(C)(C)C)=CC1. The van der Waals surface area contributed by atoms with Crippen molar-refractivity contribution < 1.29 is 0 Å². The van der Waals surface area contributed by atoms with Gasteiger partial charge in [0.1, 0.15) is 0 Å². The highest BCUT2D eigenvalue weighted by atomic mass is 14.4. The summed E-state index contributed by atoms with van der Waals surface area (Å²) >= 11 is 0. The van der Waals surface area contributed by atoms with Crippen LogP contribution in [-0.4, -0.2) is 0 Å². The Hall–Kier alpha value is -0.520. The Bertz CT molecular complexity index is 387. The van der Waals surface area contributed by atoms with Crippen molar-refractivity contribution in [1.29, 1.82) is 0 Å². The van der Waals surface area contributed by atoms with Crippen LogP contribution in [0.1, 0.15) is 99.8 Å². The standard InChI is InChI=1S/C22H40/c1-8-10-11-12-14-18(13-9-2)22(6,7)20-16-15-19(17-20)21(3,4)5/h15,17-18H,8-14,16H2,1-7H3. The Morgan fingerprint density at radius 2 is 1.59 bits per heavy atom. The molecule has 1 atom stereocenters. The van der Waals surface area contributed by atoms with Crippen molar-refractivity contribution in [3.05, 3.63) is 23.3 Å². The molecule has 0 fully saturated rings. The molecule has 0 aliphatic heterocycles. The molecule has 0 nitrogen and oxygen atoms in total. The Morgan fingerprint density at radius 1 is 0.909 bits per heavy atom. The largest absolute Gasteiger partial charge is 0.0767 e. The molecule has 0 bridgehead atoms. The van der Waals surface area contributed by atoms with Crippen molar-refractivity contribution in [2.24, 2.45) is 16.7 Å². The molecule has 0 saturated heterocycles. The van der Waals surface area contributed by atoms with Crippen molar-refractivity contribution in [3.8, 4) is 0 Å². The molecule has 0 aromatic rings. The van der Waals surface area contributed by atoms with Crippen LogP contribution >= 0.6 is 0 Å². The summed E-state index contributed by atoms with van der Waals surface area (Å²) in [5.41, 5.74) is 3.86. The molecule has 1 aliphatic rings. The molecule has 0 amide bonds. The molecule has 0 radical (unpaired) electrons. The lowest BCUT2D eigenvalue weighted by Crippen LogP contribution is -2.26. The van der Waals surface area contributed by atoms with E-state index in [1.54, 1.807) is 5.57 Å². The first-order valence-electron chi connectivity index (χ1n) is 9.65. The average molecular weight is 305 g/mol. The van der Waals surface area contributed by atoms with Crippen LogP contribution in [0.4, 0.5) is 0 Å². The quantitative estimate of drug-likeness (QED) is 0.383. The summed E-state index contributed by atoms with van der Waals surface area (Å²) in [6.07, 6.45) is 15.8. The third-order valence-electron chi connectivity index (χ3n) is 5.63. The van der Waals surface area contributed by atoms with Gasteiger partial charge in [0, 0.05) is 0 Å². The second kappa shape index (κ2) is 8.37. The molecule has 1 rings (SSSR count). The van der Waals surface area contributed by atoms with Crippen LogP contribution in [0, 0.1) is 16.7 Å². The molecular formula is C22H40. The second-order valence-electron chi connectivity index (χ2n) is 8.84. The molecule has 0 aromatic carbocycles. The van der Waals surface area contributed by atoms with E-state index >= 15 is 0 Å². The first-order chi connectivity index (χ1) is 10.2. The first kappa shape index (κ1) is 19.5. The maximum atomic E-state index is 2.52. The summed E-state index contributed by atoms with van der Waals surface area (Å²) in [5.74, 6) is 0.841. The fourth-order valence-electron chi connectivity index (χ4n) is 3.79. The summed E-state index contributed by atoms with van der Waals surface area (Å²) in [5, 5.41) is 0. The number of hydrogen-bond acceptors (Lipinski definition) is 0. The zero-order valence-electron chi connectivity index (χ0n) is 16.4. The molecule has 0 aromatic heterocycles. The third kappa shape index (κ3) is 5.28. The minimum Gasteiger partial charge on any atom is -0.0767 e. The molecule has 0 spiro atoms. The van der Waals surface area contributed by atoms with Gasteiger partial charge in [0.05, 0.1) is 0 Å². The van der Waals surface area contributed by atoms with Crippen LogP contribution in [0.5, 0.6) is 0 Å². The van der Waals surface area contributed by atoms with E-state index in [2.05, 4.69) is 60.6 Å². The van der Waals surface area contributed by atoms with Gasteiger partial charge in [-0.05, 0) is 41.6 Å². The van der Waals surface area contributed by atoms with E-state index < -0.39 is 0 Å². The van der Waals surface area contributed by atoms with Crippen LogP contribution in [-0.2, 0) is 0 Å². The van der Waals surface area contributed by atoms with Crippen molar-refractivity contribution in [3.63, 3.8) is 0 Å². The highest BCUT2D eigenvalue weighted by Gasteiger charge is 2.34. The van der Waals surface area contributed by atoms with Gasteiger partial charge in [0.15, 0.2) is 0 Å². The van der Waals surface area contributed by atoms with Gasteiger partial charge in [-0.1, -0.05) is 98.3 Å². The Morgan fingerprint density at radius 3 is 2.09 bits per heavy atom. The van der Waals surface area contributed by atoms with Crippen LogP contribution in [0.2, 0.25) is 0 Å². The maximum Gasteiger partial charge on any atom is -0.0110 e. The lowest BCUT2D eigenvalue weighted by molar-refractivity contribution is 0.222.